The summed E-state index contributed by atoms with van der Waals surface area (Å²) in [6.07, 6.45) is -0.527. The Morgan fingerprint density at radius 3 is 2.92 bits per heavy atom. The van der Waals surface area contributed by atoms with E-state index in [1.54, 1.807) is 17.8 Å². The molecule has 1 rings (SSSR count). The quantitative estimate of drug-likeness (QED) is 0.785. The largest absolute Gasteiger partial charge is 0.413 e. The van der Waals surface area contributed by atoms with Crippen LogP contribution in [0.3, 0.4) is 0 Å². The minimum absolute atomic E-state index is 0.267. The van der Waals surface area contributed by atoms with E-state index in [9.17, 15) is 4.79 Å². The Kier molecular flexibility index (Phi) is 2.69. The van der Waals surface area contributed by atoms with Crippen molar-refractivity contribution in [3.8, 4) is 5.88 Å². The van der Waals surface area contributed by atoms with Gasteiger partial charge in [0.25, 0.3) is 0 Å². The van der Waals surface area contributed by atoms with E-state index in [0.29, 0.717) is 0 Å². The maximum Gasteiger partial charge on any atom is 0.413 e. The fraction of sp³-hybridized carbons (Fsp3) is 0.333. The van der Waals surface area contributed by atoms with E-state index in [1.165, 1.54) is 7.05 Å². The van der Waals surface area contributed by atoms with Crippen LogP contribution in [0.5, 0.6) is 5.88 Å². The van der Waals surface area contributed by atoms with E-state index in [1.807, 2.05) is 0 Å². The smallest absolute Gasteiger partial charge is 0.390 e. The van der Waals surface area contributed by atoms with Crippen molar-refractivity contribution in [2.75, 3.05) is 7.05 Å². The lowest BCUT2D eigenvalue weighted by Crippen LogP contribution is -2.22. The predicted octanol–water partition coefficient (Wildman–Crippen LogP) is 0.901. The Morgan fingerprint density at radius 1 is 1.83 bits per heavy atom. The second-order valence-electron chi connectivity index (χ2n) is 2.07. The minimum Gasteiger partial charge on any atom is -0.390 e. The summed E-state index contributed by atoms with van der Waals surface area (Å²) in [4.78, 5) is 10.7. The number of hydrogen-bond donors (Lipinski definition) is 1. The zero-order valence-corrected chi connectivity index (χ0v) is 8.25. The molecule has 0 unspecified atom stereocenters. The lowest BCUT2D eigenvalue weighted by molar-refractivity contribution is 0.200. The van der Waals surface area contributed by atoms with Crippen molar-refractivity contribution in [3.05, 3.63) is 10.7 Å². The maximum atomic E-state index is 10.7. The third-order valence-corrected chi connectivity index (χ3v) is 1.94. The molecule has 0 fully saturated rings. The third-order valence-electron chi connectivity index (χ3n) is 1.20. The van der Waals surface area contributed by atoms with Crippen LogP contribution >= 0.6 is 15.9 Å². The highest BCUT2D eigenvalue weighted by atomic mass is 79.9. The normalized spacial score (nSPS) is 9.58. The van der Waals surface area contributed by atoms with E-state index >= 15 is 0 Å². The zero-order chi connectivity index (χ0) is 9.14. The molecular formula is C6H8BrN3O2. The topological polar surface area (TPSA) is 56.1 Å². The monoisotopic (exact) mass is 233 g/mol. The summed E-state index contributed by atoms with van der Waals surface area (Å²) in [7, 11) is 3.22. The molecule has 12 heavy (non-hydrogen) atoms. The van der Waals surface area contributed by atoms with Gasteiger partial charge in [-0.1, -0.05) is 0 Å². The maximum absolute atomic E-state index is 10.7. The Morgan fingerprint density at radius 2 is 2.50 bits per heavy atom. The molecule has 0 bridgehead atoms. The fourth-order valence-corrected chi connectivity index (χ4v) is 0.891. The van der Waals surface area contributed by atoms with Crippen LogP contribution in [0, 0.1) is 0 Å². The number of halogens is 1. The highest BCUT2D eigenvalue weighted by Crippen LogP contribution is 2.15. The van der Waals surface area contributed by atoms with Gasteiger partial charge in [0.15, 0.2) is 0 Å². The first-order valence-electron chi connectivity index (χ1n) is 3.22. The molecule has 66 valence electrons. The molecule has 0 saturated heterocycles. The molecule has 0 aromatic carbocycles. The zero-order valence-electron chi connectivity index (χ0n) is 6.67. The van der Waals surface area contributed by atoms with Crippen molar-refractivity contribution in [1.29, 1.82) is 0 Å². The molecule has 1 N–H and O–H groups in total. The third kappa shape index (κ3) is 1.97. The highest BCUT2D eigenvalue weighted by molar-refractivity contribution is 9.10. The molecule has 6 heteroatoms. The summed E-state index contributed by atoms with van der Waals surface area (Å²) in [5, 5.41) is 6.20. The number of carbonyl (C=O) groups excluding carboxylic acids is 1. The first-order chi connectivity index (χ1) is 5.63. The molecule has 0 aliphatic carbocycles. The molecule has 5 nitrogen and oxygen atoms in total. The number of amides is 1. The van der Waals surface area contributed by atoms with Crippen LogP contribution < -0.4 is 10.1 Å². The second-order valence-corrected chi connectivity index (χ2v) is 2.88. The molecule has 1 aromatic rings. The van der Waals surface area contributed by atoms with Crippen LogP contribution in [0.15, 0.2) is 10.7 Å². The first-order valence-corrected chi connectivity index (χ1v) is 4.02. The lowest BCUT2D eigenvalue weighted by Gasteiger charge is -1.96. The summed E-state index contributed by atoms with van der Waals surface area (Å²) in [5.74, 6) is 0.267. The van der Waals surface area contributed by atoms with Gasteiger partial charge in [-0.25, -0.2) is 4.79 Å². The lowest BCUT2D eigenvalue weighted by atomic mass is 10.7. The van der Waals surface area contributed by atoms with Crippen molar-refractivity contribution < 1.29 is 9.53 Å². The number of nitrogens with zero attached hydrogens (tertiary/aromatic N) is 2. The number of aryl methyl sites for hydroxylation is 1. The van der Waals surface area contributed by atoms with Gasteiger partial charge in [-0.3, -0.25) is 4.68 Å². The highest BCUT2D eigenvalue weighted by Gasteiger charge is 2.06. The van der Waals surface area contributed by atoms with Gasteiger partial charge in [-0.05, 0) is 15.9 Å². The molecule has 0 aliphatic rings. The van der Waals surface area contributed by atoms with E-state index in [0.717, 1.165) is 4.60 Å². The van der Waals surface area contributed by atoms with Crippen molar-refractivity contribution in [3.63, 3.8) is 0 Å². The van der Waals surface area contributed by atoms with Gasteiger partial charge in [0.2, 0.25) is 5.88 Å². The first kappa shape index (κ1) is 9.05. The number of hydrogen-bond acceptors (Lipinski definition) is 3. The van der Waals surface area contributed by atoms with Crippen molar-refractivity contribution in [1.82, 2.24) is 15.1 Å². The molecule has 1 heterocycles. The summed E-state index contributed by atoms with van der Waals surface area (Å²) >= 11 is 3.22. The van der Waals surface area contributed by atoms with Gasteiger partial charge in [-0.2, -0.15) is 0 Å². The molecule has 1 aromatic heterocycles. The van der Waals surface area contributed by atoms with Crippen molar-refractivity contribution in [2.45, 2.75) is 0 Å². The second kappa shape index (κ2) is 3.57. The molecule has 0 saturated carbocycles. The Hall–Kier alpha value is -1.04. The van der Waals surface area contributed by atoms with Gasteiger partial charge in [0.1, 0.15) is 4.60 Å². The van der Waals surface area contributed by atoms with Crippen LogP contribution in [0.25, 0.3) is 0 Å². The summed E-state index contributed by atoms with van der Waals surface area (Å²) < 4.78 is 7.06. The van der Waals surface area contributed by atoms with E-state index in [2.05, 4.69) is 26.3 Å². The van der Waals surface area contributed by atoms with Gasteiger partial charge < -0.3 is 10.1 Å². The Bertz CT molecular complexity index is 277. The number of carbonyl (C=O) groups is 1. The summed E-state index contributed by atoms with van der Waals surface area (Å²) in [6, 6.07) is 1.61. The van der Waals surface area contributed by atoms with E-state index in [-0.39, 0.29) is 5.88 Å². The predicted molar refractivity (Wildman–Crippen MR) is 46.0 cm³/mol. The van der Waals surface area contributed by atoms with Crippen molar-refractivity contribution in [2.24, 2.45) is 7.05 Å². The molecule has 0 aliphatic heterocycles. The summed E-state index contributed by atoms with van der Waals surface area (Å²) in [5.41, 5.74) is 0. The average Bonchev–Trinajstić information content (AvgIpc) is 2.31. The van der Waals surface area contributed by atoms with Crippen LogP contribution in [-0.4, -0.2) is 22.9 Å². The number of rotatable bonds is 1. The van der Waals surface area contributed by atoms with Crippen LogP contribution in [0.1, 0.15) is 0 Å². The SMILES string of the molecule is CNC(=O)Oc1cc(Br)n(C)n1. The number of nitrogens with one attached hydrogen (secondary N) is 1. The Balaban J connectivity index is 2.70. The fourth-order valence-electron chi connectivity index (χ4n) is 0.616. The van der Waals surface area contributed by atoms with E-state index in [4.69, 9.17) is 4.74 Å². The molecule has 0 radical (unpaired) electrons. The minimum atomic E-state index is -0.527. The van der Waals surface area contributed by atoms with Gasteiger partial charge >= 0.3 is 6.09 Å². The molecular weight excluding hydrogens is 226 g/mol. The summed E-state index contributed by atoms with van der Waals surface area (Å²) in [6.45, 7) is 0. The molecule has 0 spiro atoms. The van der Waals surface area contributed by atoms with E-state index < -0.39 is 6.09 Å². The number of aromatic nitrogens is 2. The number of ether oxygens (including phenoxy) is 1. The molecule has 0 atom stereocenters. The van der Waals surface area contributed by atoms with Gasteiger partial charge in [-0.15, -0.1) is 5.10 Å². The van der Waals surface area contributed by atoms with Crippen LogP contribution in [-0.2, 0) is 7.05 Å². The average molecular weight is 234 g/mol. The van der Waals surface area contributed by atoms with Gasteiger partial charge in [0, 0.05) is 20.2 Å². The molecule has 1 amide bonds. The Labute approximate surface area is 77.8 Å². The standard InChI is InChI=1S/C6H8BrN3O2/c1-8-6(11)12-5-3-4(7)10(2)9-5/h3H,1-2H3,(H,8,11). The van der Waals surface area contributed by atoms with Crippen LogP contribution in [0.2, 0.25) is 0 Å². The van der Waals surface area contributed by atoms with Crippen LogP contribution in [0.4, 0.5) is 4.79 Å². The van der Waals surface area contributed by atoms with Crippen molar-refractivity contribution >= 4 is 22.0 Å². The van der Waals surface area contributed by atoms with Gasteiger partial charge in [0.05, 0.1) is 0 Å².